The largest absolute Gasteiger partial charge is 0.437 e. The zero-order valence-corrected chi connectivity index (χ0v) is 22.5. The number of aryl methyl sites for hydroxylation is 1. The van der Waals surface area contributed by atoms with E-state index < -0.39 is 36.5 Å². The third-order valence-corrected chi connectivity index (χ3v) is 6.41. The second-order valence-corrected chi connectivity index (χ2v) is 10.0. The van der Waals surface area contributed by atoms with Crippen molar-refractivity contribution in [1.82, 2.24) is 26.2 Å². The SMILES string of the molecule is CCNC(=O)[C@H](CCc1ccccc1)NC(=O)C(Cc1c[nH]c2ccccc12)NC(=O)C(C)(C)NB(C)O. The van der Waals surface area contributed by atoms with Crippen molar-refractivity contribution in [3.8, 4) is 0 Å². The molecule has 0 aliphatic heterocycles. The van der Waals surface area contributed by atoms with Crippen LogP contribution in [0.3, 0.4) is 0 Å². The molecule has 0 saturated heterocycles. The lowest BCUT2D eigenvalue weighted by Crippen LogP contribution is -2.61. The Hall–Kier alpha value is -3.63. The van der Waals surface area contributed by atoms with Gasteiger partial charge < -0.3 is 31.2 Å². The zero-order valence-electron chi connectivity index (χ0n) is 22.5. The molecule has 0 aliphatic rings. The van der Waals surface area contributed by atoms with E-state index in [1.807, 2.05) is 67.7 Å². The maximum absolute atomic E-state index is 13.6. The molecule has 0 fully saturated rings. The first-order valence-corrected chi connectivity index (χ1v) is 13.0. The normalized spacial score (nSPS) is 13.0. The highest BCUT2D eigenvalue weighted by Gasteiger charge is 2.34. The maximum atomic E-state index is 13.6. The van der Waals surface area contributed by atoms with Gasteiger partial charge >= 0.3 is 7.05 Å². The Morgan fingerprint density at radius 3 is 2.34 bits per heavy atom. The third kappa shape index (κ3) is 7.93. The van der Waals surface area contributed by atoms with Crippen LogP contribution in [0.2, 0.25) is 6.82 Å². The van der Waals surface area contributed by atoms with Gasteiger partial charge in [-0.2, -0.15) is 0 Å². The van der Waals surface area contributed by atoms with E-state index in [2.05, 4.69) is 26.2 Å². The van der Waals surface area contributed by atoms with Crippen LogP contribution in [-0.4, -0.2) is 58.9 Å². The van der Waals surface area contributed by atoms with E-state index in [1.54, 1.807) is 13.8 Å². The minimum absolute atomic E-state index is 0.215. The molecule has 1 aromatic heterocycles. The van der Waals surface area contributed by atoms with Crippen LogP contribution >= 0.6 is 0 Å². The summed E-state index contributed by atoms with van der Waals surface area (Å²) in [5, 5.41) is 22.1. The van der Waals surface area contributed by atoms with Crippen LogP contribution in [0, 0.1) is 0 Å². The van der Waals surface area contributed by atoms with Crippen molar-refractivity contribution in [2.75, 3.05) is 6.54 Å². The first-order chi connectivity index (χ1) is 18.1. The summed E-state index contributed by atoms with van der Waals surface area (Å²) in [5.74, 6) is -1.18. The summed E-state index contributed by atoms with van der Waals surface area (Å²) in [6, 6.07) is 15.8. The van der Waals surface area contributed by atoms with Gasteiger partial charge in [0.25, 0.3) is 0 Å². The summed E-state index contributed by atoms with van der Waals surface area (Å²) < 4.78 is 0. The minimum atomic E-state index is -1.14. The molecular weight excluding hydrogens is 481 g/mol. The number of nitrogens with one attached hydrogen (secondary N) is 5. The number of carbonyl (C=O) groups is 3. The summed E-state index contributed by atoms with van der Waals surface area (Å²) in [6.07, 6.45) is 3.05. The number of amides is 3. The fraction of sp³-hybridized carbons (Fsp3) is 0.393. The van der Waals surface area contributed by atoms with Gasteiger partial charge in [-0.15, -0.1) is 0 Å². The van der Waals surface area contributed by atoms with Gasteiger partial charge in [0, 0.05) is 30.1 Å². The van der Waals surface area contributed by atoms with Gasteiger partial charge in [-0.05, 0) is 57.6 Å². The van der Waals surface area contributed by atoms with Crippen molar-refractivity contribution in [1.29, 1.82) is 0 Å². The van der Waals surface area contributed by atoms with Gasteiger partial charge in [0.1, 0.15) is 12.1 Å². The molecule has 0 spiro atoms. The molecule has 3 amide bonds. The fourth-order valence-electron chi connectivity index (χ4n) is 4.45. The van der Waals surface area contributed by atoms with Gasteiger partial charge in [0.05, 0.1) is 5.54 Å². The van der Waals surface area contributed by atoms with E-state index in [-0.39, 0.29) is 12.3 Å². The molecule has 9 nitrogen and oxygen atoms in total. The lowest BCUT2D eigenvalue weighted by Gasteiger charge is -2.29. The number of rotatable bonds is 13. The van der Waals surface area contributed by atoms with Crippen LogP contribution in [0.15, 0.2) is 60.8 Å². The summed E-state index contributed by atoms with van der Waals surface area (Å²) >= 11 is 0. The van der Waals surface area contributed by atoms with Gasteiger partial charge in [-0.25, -0.2) is 0 Å². The standard InChI is InChI=1S/C28H38BN5O4/c1-5-30-25(35)23(16-15-19-11-7-6-8-12-19)32-26(36)24(33-27(37)28(2,3)34-29(4)38)17-20-18-31-22-14-10-9-13-21(20)22/h6-14,18,23-24,31,34,38H,5,15-17H2,1-4H3,(H,30,35)(H,32,36)(H,33,37)/t23-,24?/m0/s1. The molecular formula is C28H38BN5O4. The summed E-state index contributed by atoms with van der Waals surface area (Å²) in [7, 11) is -0.920. The predicted octanol–water partition coefficient (Wildman–Crippen LogP) is 1.93. The second kappa shape index (κ2) is 13.3. The average Bonchev–Trinajstić information content (AvgIpc) is 3.28. The number of fused-ring (bicyclic) bond motifs is 1. The average molecular weight is 519 g/mol. The van der Waals surface area contributed by atoms with Crippen molar-refractivity contribution in [3.63, 3.8) is 0 Å². The Labute approximate surface area is 224 Å². The van der Waals surface area contributed by atoms with E-state index in [4.69, 9.17) is 0 Å². The molecule has 38 heavy (non-hydrogen) atoms. The van der Waals surface area contributed by atoms with Crippen molar-refractivity contribution in [2.45, 2.75) is 64.5 Å². The highest BCUT2D eigenvalue weighted by atomic mass is 16.2. The van der Waals surface area contributed by atoms with E-state index in [1.165, 1.54) is 6.82 Å². The molecule has 0 aliphatic carbocycles. The molecule has 1 heterocycles. The predicted molar refractivity (Wildman–Crippen MR) is 150 cm³/mol. The quantitative estimate of drug-likeness (QED) is 0.192. The first kappa shape index (κ1) is 28.9. The number of H-pyrrole nitrogens is 1. The Bertz CT molecular complexity index is 1230. The minimum Gasteiger partial charge on any atom is -0.437 e. The molecule has 1 unspecified atom stereocenters. The molecule has 10 heteroatoms. The Morgan fingerprint density at radius 1 is 0.974 bits per heavy atom. The molecule has 0 bridgehead atoms. The summed E-state index contributed by atoms with van der Waals surface area (Å²) in [6.45, 7) is 7.05. The monoisotopic (exact) mass is 519 g/mol. The highest BCUT2D eigenvalue weighted by Crippen LogP contribution is 2.20. The van der Waals surface area contributed by atoms with Crippen LogP contribution in [-0.2, 0) is 27.2 Å². The number of carbonyl (C=O) groups excluding carboxylic acids is 3. The van der Waals surface area contributed by atoms with Gasteiger partial charge in [-0.3, -0.25) is 14.4 Å². The van der Waals surface area contributed by atoms with Crippen LogP contribution < -0.4 is 21.2 Å². The second-order valence-electron chi connectivity index (χ2n) is 10.0. The number of likely N-dealkylation sites (N-methyl/N-ethyl adjacent to an activating group) is 1. The molecule has 0 saturated carbocycles. The lowest BCUT2D eigenvalue weighted by molar-refractivity contribution is -0.133. The molecule has 6 N–H and O–H groups in total. The maximum Gasteiger partial charge on any atom is 0.374 e. The van der Waals surface area contributed by atoms with Crippen LogP contribution in [0.1, 0.15) is 38.3 Å². The third-order valence-electron chi connectivity index (χ3n) is 6.41. The number of aromatic amines is 1. The van der Waals surface area contributed by atoms with Crippen LogP contribution in [0.5, 0.6) is 0 Å². The van der Waals surface area contributed by atoms with Gasteiger partial charge in [0.15, 0.2) is 0 Å². The Balaban J connectivity index is 1.83. The Morgan fingerprint density at radius 2 is 1.66 bits per heavy atom. The molecule has 2 atom stereocenters. The lowest BCUT2D eigenvalue weighted by atomic mass is 9.83. The zero-order chi connectivity index (χ0) is 27.7. The molecule has 3 aromatic rings. The van der Waals surface area contributed by atoms with Gasteiger partial charge in [0.2, 0.25) is 17.7 Å². The number of hydrogen-bond donors (Lipinski definition) is 6. The van der Waals surface area contributed by atoms with Gasteiger partial charge in [-0.1, -0.05) is 48.5 Å². The van der Waals surface area contributed by atoms with E-state index >= 15 is 0 Å². The smallest absolute Gasteiger partial charge is 0.374 e. The van der Waals surface area contributed by atoms with Crippen molar-refractivity contribution >= 4 is 35.7 Å². The topological polar surface area (TPSA) is 135 Å². The number of hydrogen-bond acceptors (Lipinski definition) is 5. The highest BCUT2D eigenvalue weighted by molar-refractivity contribution is 6.46. The molecule has 2 aromatic carbocycles. The molecule has 202 valence electrons. The van der Waals surface area contributed by atoms with E-state index in [0.29, 0.717) is 19.4 Å². The summed E-state index contributed by atoms with van der Waals surface area (Å²) in [4.78, 5) is 42.9. The van der Waals surface area contributed by atoms with E-state index in [9.17, 15) is 19.4 Å². The molecule has 0 radical (unpaired) electrons. The number of aromatic nitrogens is 1. The molecule has 3 rings (SSSR count). The Kier molecular flexibility index (Phi) is 10.1. The first-order valence-electron chi connectivity index (χ1n) is 13.0. The number of benzene rings is 2. The number of para-hydroxylation sites is 1. The van der Waals surface area contributed by atoms with Crippen LogP contribution in [0.4, 0.5) is 0 Å². The fourth-order valence-corrected chi connectivity index (χ4v) is 4.45. The van der Waals surface area contributed by atoms with E-state index in [0.717, 1.165) is 22.0 Å². The van der Waals surface area contributed by atoms with Crippen molar-refractivity contribution < 1.29 is 19.4 Å². The van der Waals surface area contributed by atoms with Crippen molar-refractivity contribution in [2.24, 2.45) is 0 Å². The van der Waals surface area contributed by atoms with Crippen LogP contribution in [0.25, 0.3) is 10.9 Å². The summed E-state index contributed by atoms with van der Waals surface area (Å²) in [5.41, 5.74) is 1.71. The van der Waals surface area contributed by atoms with Crippen molar-refractivity contribution in [3.05, 3.63) is 71.9 Å².